The first-order valence-corrected chi connectivity index (χ1v) is 8.26. The second kappa shape index (κ2) is 6.20. The van der Waals surface area contributed by atoms with Gasteiger partial charge in [-0.15, -0.1) is 0 Å². The van der Waals surface area contributed by atoms with E-state index in [1.807, 2.05) is 36.4 Å². The van der Waals surface area contributed by atoms with Crippen LogP contribution in [0.2, 0.25) is 0 Å². The summed E-state index contributed by atoms with van der Waals surface area (Å²) in [4.78, 5) is 0. The lowest BCUT2D eigenvalue weighted by atomic mass is 10.1. The minimum absolute atomic E-state index is 0.188. The largest absolute Gasteiger partial charge is 0.504 e. The van der Waals surface area contributed by atoms with Crippen LogP contribution in [0.5, 0.6) is 17.2 Å². The molecular weight excluding hydrogens is 350 g/mol. The van der Waals surface area contributed by atoms with Crippen molar-refractivity contribution in [1.29, 1.82) is 0 Å². The van der Waals surface area contributed by atoms with E-state index in [4.69, 9.17) is 17.0 Å². The Balaban J connectivity index is 1.97. The second-order valence-corrected chi connectivity index (χ2v) is 6.14. The van der Waals surface area contributed by atoms with Crippen LogP contribution in [0.1, 0.15) is 0 Å². The summed E-state index contributed by atoms with van der Waals surface area (Å²) in [5, 5.41) is 28.5. The zero-order chi connectivity index (χ0) is 18.3. The van der Waals surface area contributed by atoms with Gasteiger partial charge in [0.25, 0.3) is 0 Å². The molecule has 1 aromatic heterocycles. The highest BCUT2D eigenvalue weighted by molar-refractivity contribution is 7.71. The van der Waals surface area contributed by atoms with Crippen LogP contribution in [-0.2, 0) is 0 Å². The minimum atomic E-state index is -0.217. The third-order valence-electron chi connectivity index (χ3n) is 4.21. The van der Waals surface area contributed by atoms with Gasteiger partial charge in [-0.25, -0.2) is 0 Å². The molecule has 4 aromatic rings. The number of phenolic OH excluding ortho intramolecular Hbond substituents is 2. The number of ether oxygens (including phenoxy) is 1. The van der Waals surface area contributed by atoms with E-state index in [1.54, 1.807) is 17.7 Å². The third-order valence-corrected chi connectivity index (χ3v) is 4.49. The van der Waals surface area contributed by atoms with Crippen LogP contribution in [0.25, 0.3) is 27.8 Å². The number of hydrogen-bond donors (Lipinski definition) is 3. The summed E-state index contributed by atoms with van der Waals surface area (Å²) in [7, 11) is 1.63. The molecule has 0 atom stereocenters. The van der Waals surface area contributed by atoms with Crippen molar-refractivity contribution in [2.75, 3.05) is 7.11 Å². The fourth-order valence-corrected chi connectivity index (χ4v) is 3.17. The smallest absolute Gasteiger partial charge is 0.200 e. The highest BCUT2D eigenvalue weighted by Gasteiger charge is 2.14. The molecule has 26 heavy (non-hydrogen) atoms. The van der Waals surface area contributed by atoms with Crippen LogP contribution >= 0.6 is 12.2 Å². The van der Waals surface area contributed by atoms with Crippen LogP contribution in [0.3, 0.4) is 0 Å². The Bertz CT molecular complexity index is 1180. The maximum absolute atomic E-state index is 9.82. The zero-order valence-corrected chi connectivity index (χ0v) is 14.6. The summed E-state index contributed by atoms with van der Waals surface area (Å²) in [6, 6.07) is 16.2. The standard InChI is InChI=1S/C19H15N3O3S/c1-25-13-6-7-14-11(9-13)3-2-4-15(14)22-18(20-21-19(22)26)12-5-8-16(23)17(24)10-12/h2-10,23-24H,1H3,(H,21,26). The number of nitrogens with one attached hydrogen (secondary N) is 1. The minimum Gasteiger partial charge on any atom is -0.504 e. The molecule has 6 nitrogen and oxygen atoms in total. The number of H-pyrrole nitrogens is 1. The molecule has 130 valence electrons. The van der Waals surface area contributed by atoms with Gasteiger partial charge in [-0.1, -0.05) is 12.1 Å². The maximum atomic E-state index is 9.82. The van der Waals surface area contributed by atoms with E-state index < -0.39 is 0 Å². The van der Waals surface area contributed by atoms with Gasteiger partial charge in [-0.2, -0.15) is 5.10 Å². The molecule has 0 amide bonds. The van der Waals surface area contributed by atoms with Gasteiger partial charge >= 0.3 is 0 Å². The van der Waals surface area contributed by atoms with E-state index in [-0.39, 0.29) is 11.5 Å². The molecule has 0 fully saturated rings. The summed E-state index contributed by atoms with van der Waals surface area (Å²) >= 11 is 5.43. The summed E-state index contributed by atoms with van der Waals surface area (Å²) in [5.74, 6) is 0.903. The first-order chi connectivity index (χ1) is 12.6. The topological polar surface area (TPSA) is 83.3 Å². The molecule has 3 aromatic carbocycles. The Kier molecular flexibility index (Phi) is 3.85. The van der Waals surface area contributed by atoms with Gasteiger partial charge in [0.05, 0.1) is 12.8 Å². The van der Waals surface area contributed by atoms with E-state index >= 15 is 0 Å². The molecule has 0 aliphatic heterocycles. The zero-order valence-electron chi connectivity index (χ0n) is 13.8. The molecule has 0 saturated heterocycles. The fourth-order valence-electron chi connectivity index (χ4n) is 2.94. The summed E-state index contributed by atoms with van der Waals surface area (Å²) in [6.07, 6.45) is 0. The number of aromatic nitrogens is 3. The lowest BCUT2D eigenvalue weighted by Gasteiger charge is -2.11. The molecule has 0 unspecified atom stereocenters. The first kappa shape index (κ1) is 16.2. The molecule has 0 spiro atoms. The fraction of sp³-hybridized carbons (Fsp3) is 0.0526. The molecule has 4 rings (SSSR count). The normalized spacial score (nSPS) is 11.0. The second-order valence-electron chi connectivity index (χ2n) is 5.76. The first-order valence-electron chi connectivity index (χ1n) is 7.85. The van der Waals surface area contributed by atoms with Crippen molar-refractivity contribution in [3.05, 3.63) is 59.4 Å². The van der Waals surface area contributed by atoms with Gasteiger partial charge in [0, 0.05) is 10.9 Å². The van der Waals surface area contributed by atoms with Gasteiger partial charge < -0.3 is 14.9 Å². The number of phenols is 2. The van der Waals surface area contributed by atoms with Crippen molar-refractivity contribution in [3.63, 3.8) is 0 Å². The number of rotatable bonds is 3. The number of benzene rings is 3. The van der Waals surface area contributed by atoms with E-state index in [0.717, 1.165) is 22.2 Å². The molecule has 0 radical (unpaired) electrons. The number of aromatic hydroxyl groups is 2. The number of hydrogen-bond acceptors (Lipinski definition) is 5. The van der Waals surface area contributed by atoms with Crippen molar-refractivity contribution in [2.45, 2.75) is 0 Å². The Morgan fingerprint density at radius 3 is 2.65 bits per heavy atom. The molecule has 0 saturated carbocycles. The third kappa shape index (κ3) is 2.58. The summed E-state index contributed by atoms with van der Waals surface area (Å²) in [6.45, 7) is 0. The Labute approximate surface area is 153 Å². The van der Waals surface area contributed by atoms with Gasteiger partial charge in [0.2, 0.25) is 0 Å². The average Bonchev–Trinajstić information content (AvgIpc) is 3.04. The monoisotopic (exact) mass is 365 g/mol. The molecule has 1 heterocycles. The van der Waals surface area contributed by atoms with Gasteiger partial charge in [0.15, 0.2) is 22.1 Å². The molecular formula is C19H15N3O3S. The lowest BCUT2D eigenvalue weighted by Crippen LogP contribution is -1.99. The van der Waals surface area contributed by atoms with Crippen LogP contribution in [0, 0.1) is 4.77 Å². The molecule has 3 N–H and O–H groups in total. The lowest BCUT2D eigenvalue weighted by molar-refractivity contribution is 0.404. The summed E-state index contributed by atoms with van der Waals surface area (Å²) in [5.41, 5.74) is 1.48. The predicted molar refractivity (Wildman–Crippen MR) is 102 cm³/mol. The molecule has 7 heteroatoms. The Morgan fingerprint density at radius 1 is 1.04 bits per heavy atom. The number of nitrogens with zero attached hydrogens (tertiary/aromatic N) is 2. The van der Waals surface area contributed by atoms with E-state index in [0.29, 0.717) is 16.2 Å². The van der Waals surface area contributed by atoms with Crippen LogP contribution in [0.15, 0.2) is 54.6 Å². The van der Waals surface area contributed by atoms with E-state index in [2.05, 4.69) is 10.2 Å². The highest BCUT2D eigenvalue weighted by atomic mass is 32.1. The van der Waals surface area contributed by atoms with Gasteiger partial charge in [-0.05, 0) is 60.1 Å². The average molecular weight is 365 g/mol. The maximum Gasteiger partial charge on any atom is 0.200 e. The predicted octanol–water partition coefficient (Wildman–Crippen LogP) is 4.17. The van der Waals surface area contributed by atoms with Gasteiger partial charge in [0.1, 0.15) is 5.75 Å². The Morgan fingerprint density at radius 2 is 1.88 bits per heavy atom. The summed E-state index contributed by atoms with van der Waals surface area (Å²) < 4.78 is 7.52. The molecule has 0 aliphatic rings. The van der Waals surface area contributed by atoms with Crippen molar-refractivity contribution in [2.24, 2.45) is 0 Å². The Hall–Kier alpha value is -3.32. The SMILES string of the molecule is COc1ccc2c(-n3c(-c4ccc(O)c(O)c4)n[nH]c3=S)cccc2c1. The van der Waals surface area contributed by atoms with Crippen molar-refractivity contribution in [1.82, 2.24) is 14.8 Å². The van der Waals surface area contributed by atoms with E-state index in [1.165, 1.54) is 12.1 Å². The van der Waals surface area contributed by atoms with E-state index in [9.17, 15) is 10.2 Å². The quantitative estimate of drug-likeness (QED) is 0.375. The van der Waals surface area contributed by atoms with Crippen LogP contribution in [0.4, 0.5) is 0 Å². The molecule has 0 aliphatic carbocycles. The molecule has 0 bridgehead atoms. The number of aromatic amines is 1. The van der Waals surface area contributed by atoms with Crippen molar-refractivity contribution < 1.29 is 14.9 Å². The number of methoxy groups -OCH3 is 1. The van der Waals surface area contributed by atoms with Gasteiger partial charge in [-0.3, -0.25) is 9.67 Å². The van der Waals surface area contributed by atoms with Crippen LogP contribution in [-0.4, -0.2) is 32.1 Å². The van der Waals surface area contributed by atoms with Crippen molar-refractivity contribution in [3.8, 4) is 34.3 Å². The number of fused-ring (bicyclic) bond motifs is 1. The van der Waals surface area contributed by atoms with Crippen LogP contribution < -0.4 is 4.74 Å². The highest BCUT2D eigenvalue weighted by Crippen LogP contribution is 2.33. The van der Waals surface area contributed by atoms with Crippen molar-refractivity contribution >= 4 is 23.0 Å².